The highest BCUT2D eigenvalue weighted by Gasteiger charge is 2.53. The van der Waals surface area contributed by atoms with Crippen LogP contribution in [0.3, 0.4) is 0 Å². The summed E-state index contributed by atoms with van der Waals surface area (Å²) in [5, 5.41) is 12.1. The van der Waals surface area contributed by atoms with Crippen molar-refractivity contribution in [1.82, 2.24) is 5.32 Å². The number of hydrogen-bond acceptors (Lipinski definition) is 3. The zero-order valence-electron chi connectivity index (χ0n) is 17.1. The molecule has 182 valence electrons. The molecule has 11 heteroatoms. The van der Waals surface area contributed by atoms with E-state index in [1.54, 1.807) is 5.32 Å². The summed E-state index contributed by atoms with van der Waals surface area (Å²) in [6, 6.07) is 11.6. The van der Waals surface area contributed by atoms with E-state index < -0.39 is 53.8 Å². The van der Waals surface area contributed by atoms with E-state index in [9.17, 15) is 40.2 Å². The lowest BCUT2D eigenvalue weighted by Crippen LogP contribution is -2.58. The fourth-order valence-electron chi connectivity index (χ4n) is 3.02. The third kappa shape index (κ3) is 6.23. The fraction of sp³-hybridized carbons (Fsp3) is 0.217. The molecule has 0 radical (unpaired) electrons. The van der Waals surface area contributed by atoms with Crippen LogP contribution in [0.25, 0.3) is 0 Å². The fourth-order valence-corrected chi connectivity index (χ4v) is 3.02. The van der Waals surface area contributed by atoms with E-state index in [1.165, 1.54) is 36.4 Å². The van der Waals surface area contributed by atoms with E-state index in [1.807, 2.05) is 0 Å². The van der Waals surface area contributed by atoms with E-state index in [0.29, 0.717) is 12.1 Å². The molecule has 0 bridgehead atoms. The zero-order chi connectivity index (χ0) is 25.1. The van der Waals surface area contributed by atoms with Gasteiger partial charge in [0.25, 0.3) is 0 Å². The normalized spacial score (nSPS) is 14.0. The largest absolute Gasteiger partial charge is 0.457 e. The van der Waals surface area contributed by atoms with Crippen LogP contribution >= 0.6 is 0 Å². The Morgan fingerprint density at radius 1 is 0.794 bits per heavy atom. The van der Waals surface area contributed by atoms with Gasteiger partial charge >= 0.3 is 12.4 Å². The van der Waals surface area contributed by atoms with Gasteiger partial charge in [0.05, 0.1) is 5.56 Å². The average Bonchev–Trinajstić information content (AvgIpc) is 2.73. The maximum Gasteiger partial charge on any atom is 0.431 e. The van der Waals surface area contributed by atoms with Gasteiger partial charge < -0.3 is 9.84 Å². The SMILES string of the molecule is OC(Cc1cccc(Oc2ccc(F)cc2)c1)(NCc1ccc(C(F)(F)F)cc1F)C(F)(F)F. The van der Waals surface area contributed by atoms with Gasteiger partial charge in [-0.1, -0.05) is 18.2 Å². The quantitative estimate of drug-likeness (QED) is 0.299. The van der Waals surface area contributed by atoms with E-state index in [4.69, 9.17) is 4.74 Å². The summed E-state index contributed by atoms with van der Waals surface area (Å²) in [4.78, 5) is 0. The molecule has 0 saturated heterocycles. The molecule has 3 aromatic rings. The van der Waals surface area contributed by atoms with E-state index in [-0.39, 0.29) is 23.1 Å². The van der Waals surface area contributed by atoms with Gasteiger partial charge in [-0.25, -0.2) is 8.78 Å². The van der Waals surface area contributed by atoms with Gasteiger partial charge in [-0.2, -0.15) is 26.3 Å². The van der Waals surface area contributed by atoms with Crippen molar-refractivity contribution in [2.75, 3.05) is 0 Å². The van der Waals surface area contributed by atoms with Crippen molar-refractivity contribution >= 4 is 0 Å². The van der Waals surface area contributed by atoms with Crippen molar-refractivity contribution in [1.29, 1.82) is 0 Å². The van der Waals surface area contributed by atoms with Crippen LogP contribution in [-0.4, -0.2) is 17.0 Å². The highest BCUT2D eigenvalue weighted by atomic mass is 19.4. The first kappa shape index (κ1) is 25.4. The van der Waals surface area contributed by atoms with Crippen molar-refractivity contribution in [3.05, 3.63) is 95.1 Å². The zero-order valence-corrected chi connectivity index (χ0v) is 17.1. The molecule has 3 nitrogen and oxygen atoms in total. The predicted molar refractivity (Wildman–Crippen MR) is 106 cm³/mol. The van der Waals surface area contributed by atoms with Crippen LogP contribution in [0.1, 0.15) is 16.7 Å². The minimum atomic E-state index is -5.22. The minimum Gasteiger partial charge on any atom is -0.457 e. The topological polar surface area (TPSA) is 41.5 Å². The Morgan fingerprint density at radius 3 is 2.06 bits per heavy atom. The van der Waals surface area contributed by atoms with Crippen molar-refractivity contribution in [2.24, 2.45) is 0 Å². The summed E-state index contributed by atoms with van der Waals surface area (Å²) in [5.74, 6) is -1.55. The molecule has 34 heavy (non-hydrogen) atoms. The molecular formula is C23H17F8NO2. The van der Waals surface area contributed by atoms with Gasteiger partial charge in [0.1, 0.15) is 23.1 Å². The van der Waals surface area contributed by atoms with Crippen LogP contribution in [0, 0.1) is 11.6 Å². The maximum absolute atomic E-state index is 14.0. The number of rotatable bonds is 7. The summed E-state index contributed by atoms with van der Waals surface area (Å²) in [6.45, 7) is -0.897. The Morgan fingerprint density at radius 2 is 1.47 bits per heavy atom. The van der Waals surface area contributed by atoms with Crippen LogP contribution in [0.4, 0.5) is 35.1 Å². The second kappa shape index (κ2) is 9.59. The lowest BCUT2D eigenvalue weighted by Gasteiger charge is -2.32. The first-order valence-corrected chi connectivity index (χ1v) is 9.69. The van der Waals surface area contributed by atoms with Crippen LogP contribution in [-0.2, 0) is 19.1 Å². The first-order chi connectivity index (χ1) is 15.8. The van der Waals surface area contributed by atoms with E-state index >= 15 is 0 Å². The lowest BCUT2D eigenvalue weighted by molar-refractivity contribution is -0.273. The molecule has 3 rings (SSSR count). The molecular weight excluding hydrogens is 474 g/mol. The summed E-state index contributed by atoms with van der Waals surface area (Å²) < 4.78 is 112. The summed E-state index contributed by atoms with van der Waals surface area (Å²) in [5.41, 5.74) is -5.34. The van der Waals surface area contributed by atoms with Gasteiger partial charge in [0.15, 0.2) is 0 Å². The Bertz CT molecular complexity index is 1130. The van der Waals surface area contributed by atoms with Gasteiger partial charge in [0.2, 0.25) is 5.72 Å². The third-order valence-corrected chi connectivity index (χ3v) is 4.83. The Kier molecular flexibility index (Phi) is 7.18. The number of hydrogen-bond donors (Lipinski definition) is 2. The highest BCUT2D eigenvalue weighted by Crippen LogP contribution is 2.34. The summed E-state index contributed by atoms with van der Waals surface area (Å²) in [6.07, 6.45) is -11.1. The van der Waals surface area contributed by atoms with Crippen molar-refractivity contribution in [3.8, 4) is 11.5 Å². The maximum atomic E-state index is 14.0. The molecule has 0 aliphatic rings. The Labute approximate surface area is 188 Å². The van der Waals surface area contributed by atoms with Gasteiger partial charge in [-0.05, 0) is 54.1 Å². The van der Waals surface area contributed by atoms with Gasteiger partial charge in [-0.3, -0.25) is 5.32 Å². The highest BCUT2D eigenvalue weighted by molar-refractivity contribution is 5.35. The molecule has 0 aromatic heterocycles. The number of alkyl halides is 6. The summed E-state index contributed by atoms with van der Waals surface area (Å²) >= 11 is 0. The smallest absolute Gasteiger partial charge is 0.431 e. The summed E-state index contributed by atoms with van der Waals surface area (Å²) in [7, 11) is 0. The molecule has 0 heterocycles. The number of nitrogens with one attached hydrogen (secondary N) is 1. The van der Waals surface area contributed by atoms with Crippen LogP contribution in [0.15, 0.2) is 66.7 Å². The molecule has 0 spiro atoms. The lowest BCUT2D eigenvalue weighted by atomic mass is 10.0. The predicted octanol–water partition coefficient (Wildman–Crippen LogP) is 6.36. The number of benzene rings is 3. The second-order valence-electron chi connectivity index (χ2n) is 7.40. The van der Waals surface area contributed by atoms with Crippen molar-refractivity contribution < 1.29 is 45.0 Å². The molecule has 0 amide bonds. The van der Waals surface area contributed by atoms with E-state index in [0.717, 1.165) is 12.1 Å². The average molecular weight is 491 g/mol. The van der Waals surface area contributed by atoms with Crippen molar-refractivity contribution in [3.63, 3.8) is 0 Å². The second-order valence-corrected chi connectivity index (χ2v) is 7.40. The molecule has 0 fully saturated rings. The molecule has 0 aliphatic heterocycles. The van der Waals surface area contributed by atoms with Gasteiger partial charge in [0, 0.05) is 18.5 Å². The Hall–Kier alpha value is -3.18. The molecule has 1 unspecified atom stereocenters. The number of ether oxygens (including phenoxy) is 1. The molecule has 2 N–H and O–H groups in total. The molecule has 0 aliphatic carbocycles. The minimum absolute atomic E-state index is 0.0140. The standard InChI is InChI=1S/C23H17F8NO2/c24-17-6-8-18(9-7-17)34-19-3-1-2-14(10-19)12-21(33,23(29,30)31)32-13-15-4-5-16(11-20(15)25)22(26,27)28/h1-11,32-33H,12-13H2. The third-order valence-electron chi connectivity index (χ3n) is 4.83. The monoisotopic (exact) mass is 491 g/mol. The van der Waals surface area contributed by atoms with Crippen LogP contribution in [0.2, 0.25) is 0 Å². The van der Waals surface area contributed by atoms with E-state index in [2.05, 4.69) is 0 Å². The van der Waals surface area contributed by atoms with Gasteiger partial charge in [-0.15, -0.1) is 0 Å². The molecule has 3 aromatic carbocycles. The number of aliphatic hydroxyl groups is 1. The molecule has 1 atom stereocenters. The van der Waals surface area contributed by atoms with Crippen molar-refractivity contribution in [2.45, 2.75) is 31.0 Å². The molecule has 0 saturated carbocycles. The van der Waals surface area contributed by atoms with Crippen LogP contribution < -0.4 is 10.1 Å². The number of halogens is 8. The van der Waals surface area contributed by atoms with Crippen LogP contribution in [0.5, 0.6) is 11.5 Å². The first-order valence-electron chi connectivity index (χ1n) is 9.69. The Balaban J connectivity index is 1.77.